The average molecular weight is 369 g/mol. The first-order chi connectivity index (χ1) is 11.5. The minimum absolute atomic E-state index is 0.00150. The van der Waals surface area contributed by atoms with Gasteiger partial charge in [0.25, 0.3) is 0 Å². The van der Waals surface area contributed by atoms with Gasteiger partial charge in [-0.25, -0.2) is 4.79 Å². The van der Waals surface area contributed by atoms with Crippen molar-refractivity contribution in [3.63, 3.8) is 0 Å². The van der Waals surface area contributed by atoms with Crippen LogP contribution in [0.25, 0.3) is 0 Å². The number of hydrogen-bond acceptors (Lipinski definition) is 4. The van der Waals surface area contributed by atoms with Gasteiger partial charge in [0.05, 0.1) is 12.2 Å². The Kier molecular flexibility index (Phi) is 7.50. The second kappa shape index (κ2) is 8.72. The SMILES string of the molecule is CC(C)[Si](OC[C@H](C)Oc1cc(O)cc(C(=O)O)c1)(C(C)C)C(C)C. The van der Waals surface area contributed by atoms with Crippen molar-refractivity contribution in [3.05, 3.63) is 23.8 Å². The topological polar surface area (TPSA) is 76.0 Å². The molecule has 0 bridgehead atoms. The smallest absolute Gasteiger partial charge is 0.335 e. The van der Waals surface area contributed by atoms with Crippen LogP contribution in [0.3, 0.4) is 0 Å². The summed E-state index contributed by atoms with van der Waals surface area (Å²) in [7, 11) is -1.97. The van der Waals surface area contributed by atoms with E-state index >= 15 is 0 Å². The highest BCUT2D eigenvalue weighted by Crippen LogP contribution is 2.42. The lowest BCUT2D eigenvalue weighted by atomic mass is 10.2. The van der Waals surface area contributed by atoms with Gasteiger partial charge in [-0.2, -0.15) is 0 Å². The van der Waals surface area contributed by atoms with Crippen LogP contribution < -0.4 is 4.74 Å². The van der Waals surface area contributed by atoms with Gasteiger partial charge in [-0.3, -0.25) is 0 Å². The molecule has 0 saturated carbocycles. The molecule has 25 heavy (non-hydrogen) atoms. The molecule has 2 N–H and O–H groups in total. The zero-order chi connectivity index (χ0) is 19.4. The zero-order valence-electron chi connectivity index (χ0n) is 16.4. The molecule has 142 valence electrons. The third-order valence-corrected chi connectivity index (χ3v) is 10.8. The fraction of sp³-hybridized carbons (Fsp3) is 0.632. The Bertz CT molecular complexity index is 561. The summed E-state index contributed by atoms with van der Waals surface area (Å²) in [5, 5.41) is 18.7. The molecule has 0 aliphatic carbocycles. The molecule has 0 aliphatic heterocycles. The predicted octanol–water partition coefficient (Wildman–Crippen LogP) is 5.05. The third kappa shape index (κ3) is 5.22. The van der Waals surface area contributed by atoms with Gasteiger partial charge in [0.1, 0.15) is 17.6 Å². The summed E-state index contributed by atoms with van der Waals surface area (Å²) >= 11 is 0. The van der Waals surface area contributed by atoms with E-state index in [-0.39, 0.29) is 17.4 Å². The zero-order valence-corrected chi connectivity index (χ0v) is 17.4. The molecule has 1 rings (SSSR count). The fourth-order valence-electron chi connectivity index (χ4n) is 3.80. The van der Waals surface area contributed by atoms with Gasteiger partial charge in [0.15, 0.2) is 0 Å². The normalized spacial score (nSPS) is 13.5. The molecule has 1 atom stereocenters. The highest BCUT2D eigenvalue weighted by Gasteiger charge is 2.45. The number of aromatic hydroxyl groups is 1. The first kappa shape index (κ1) is 21.5. The summed E-state index contributed by atoms with van der Waals surface area (Å²) in [6.45, 7) is 15.7. The summed E-state index contributed by atoms with van der Waals surface area (Å²) in [6, 6.07) is 4.03. The summed E-state index contributed by atoms with van der Waals surface area (Å²) < 4.78 is 12.3. The number of hydrogen-bond donors (Lipinski definition) is 2. The molecule has 6 heteroatoms. The Morgan fingerprint density at radius 3 is 1.96 bits per heavy atom. The Hall–Kier alpha value is -1.53. The van der Waals surface area contributed by atoms with Crippen molar-refractivity contribution < 1.29 is 24.2 Å². The van der Waals surface area contributed by atoms with Crippen molar-refractivity contribution in [2.75, 3.05) is 6.61 Å². The lowest BCUT2D eigenvalue weighted by Gasteiger charge is -2.42. The molecule has 0 heterocycles. The number of carboxylic acids is 1. The van der Waals surface area contributed by atoms with Gasteiger partial charge in [-0.15, -0.1) is 0 Å². The number of carboxylic acid groups (broad SMARTS) is 1. The van der Waals surface area contributed by atoms with Crippen LogP contribution in [0.15, 0.2) is 18.2 Å². The van der Waals surface area contributed by atoms with E-state index in [1.54, 1.807) is 0 Å². The summed E-state index contributed by atoms with van der Waals surface area (Å²) in [6.07, 6.45) is -0.244. The Morgan fingerprint density at radius 2 is 1.52 bits per heavy atom. The highest BCUT2D eigenvalue weighted by atomic mass is 28.4. The molecule has 1 aromatic carbocycles. The molecule has 0 aromatic heterocycles. The van der Waals surface area contributed by atoms with Crippen LogP contribution in [-0.2, 0) is 4.43 Å². The van der Waals surface area contributed by atoms with Gasteiger partial charge >= 0.3 is 5.97 Å². The second-order valence-electron chi connectivity index (χ2n) is 7.58. The van der Waals surface area contributed by atoms with Gasteiger partial charge < -0.3 is 19.4 Å². The van der Waals surface area contributed by atoms with Crippen LogP contribution >= 0.6 is 0 Å². The fourth-order valence-corrected chi connectivity index (χ4v) is 9.33. The van der Waals surface area contributed by atoms with Gasteiger partial charge in [-0.1, -0.05) is 41.5 Å². The number of benzene rings is 1. The summed E-state index contributed by atoms with van der Waals surface area (Å²) in [5.41, 5.74) is 1.45. The van der Waals surface area contributed by atoms with Gasteiger partial charge in [0, 0.05) is 6.07 Å². The minimum Gasteiger partial charge on any atom is -0.508 e. The number of phenolic OH excluding ortho intramolecular Hbond substituents is 1. The monoisotopic (exact) mass is 368 g/mol. The third-order valence-electron chi connectivity index (χ3n) is 4.75. The summed E-state index contributed by atoms with van der Waals surface area (Å²) in [4.78, 5) is 11.1. The van der Waals surface area contributed by atoms with Crippen LogP contribution in [0.5, 0.6) is 11.5 Å². The molecule has 0 amide bonds. The van der Waals surface area contributed by atoms with Crippen molar-refractivity contribution in [3.8, 4) is 11.5 Å². The molecular formula is C19H32O5Si. The van der Waals surface area contributed by atoms with Crippen molar-refractivity contribution in [2.45, 2.75) is 71.2 Å². The molecular weight excluding hydrogens is 336 g/mol. The first-order valence-electron chi connectivity index (χ1n) is 8.88. The van der Waals surface area contributed by atoms with E-state index < -0.39 is 14.3 Å². The Balaban J connectivity index is 2.86. The maximum absolute atomic E-state index is 11.1. The number of aromatic carboxylic acids is 1. The molecule has 0 spiro atoms. The number of rotatable bonds is 9. The van der Waals surface area contributed by atoms with E-state index in [1.807, 2.05) is 6.92 Å². The molecule has 0 fully saturated rings. The second-order valence-corrected chi connectivity index (χ2v) is 13.0. The van der Waals surface area contributed by atoms with Crippen molar-refractivity contribution >= 4 is 14.3 Å². The number of phenols is 1. The van der Waals surface area contributed by atoms with Gasteiger partial charge in [0.2, 0.25) is 8.32 Å². The maximum atomic E-state index is 11.1. The standard InChI is InChI=1S/C19H32O5Si/c1-12(2)25(13(3)4,14(5)6)23-11-15(7)24-18-9-16(19(21)22)8-17(20)10-18/h8-10,12-15,20H,11H2,1-7H3,(H,21,22)/t15-/m0/s1. The van der Waals surface area contributed by atoms with Crippen LogP contribution in [0.4, 0.5) is 0 Å². The Morgan fingerprint density at radius 1 is 1.00 bits per heavy atom. The van der Waals surface area contributed by atoms with E-state index in [0.717, 1.165) is 0 Å². The van der Waals surface area contributed by atoms with Crippen molar-refractivity contribution in [1.82, 2.24) is 0 Å². The van der Waals surface area contributed by atoms with Crippen LogP contribution in [0, 0.1) is 0 Å². The van der Waals surface area contributed by atoms with E-state index in [4.69, 9.17) is 14.3 Å². The Labute approximate surface area is 152 Å². The van der Waals surface area contributed by atoms with E-state index in [0.29, 0.717) is 29.0 Å². The maximum Gasteiger partial charge on any atom is 0.335 e. The average Bonchev–Trinajstić information content (AvgIpc) is 2.45. The number of ether oxygens (including phenoxy) is 1. The molecule has 5 nitrogen and oxygen atoms in total. The van der Waals surface area contributed by atoms with Gasteiger partial charge in [-0.05, 0) is 35.7 Å². The number of carbonyl (C=O) groups is 1. The molecule has 0 unspecified atom stereocenters. The quantitative estimate of drug-likeness (QED) is 0.597. The van der Waals surface area contributed by atoms with Crippen LogP contribution in [-0.4, -0.2) is 37.2 Å². The summed E-state index contributed by atoms with van der Waals surface area (Å²) in [5.74, 6) is -0.895. The molecule has 0 radical (unpaired) electrons. The van der Waals surface area contributed by atoms with Crippen LogP contribution in [0.1, 0.15) is 58.8 Å². The van der Waals surface area contributed by atoms with E-state index in [1.165, 1.54) is 18.2 Å². The predicted molar refractivity (Wildman–Crippen MR) is 102 cm³/mol. The lowest BCUT2D eigenvalue weighted by molar-refractivity contribution is 0.0695. The minimum atomic E-state index is -1.97. The lowest BCUT2D eigenvalue weighted by Crippen LogP contribution is -2.49. The van der Waals surface area contributed by atoms with Crippen molar-refractivity contribution in [1.29, 1.82) is 0 Å². The first-order valence-corrected chi connectivity index (χ1v) is 11.0. The van der Waals surface area contributed by atoms with Crippen molar-refractivity contribution in [2.24, 2.45) is 0 Å². The molecule has 0 saturated heterocycles. The highest BCUT2D eigenvalue weighted by molar-refractivity contribution is 6.77. The molecule has 1 aromatic rings. The van der Waals surface area contributed by atoms with E-state index in [2.05, 4.69) is 41.5 Å². The van der Waals surface area contributed by atoms with E-state index in [9.17, 15) is 9.90 Å². The molecule has 0 aliphatic rings. The van der Waals surface area contributed by atoms with Crippen LogP contribution in [0.2, 0.25) is 16.6 Å². The largest absolute Gasteiger partial charge is 0.508 e.